The highest BCUT2D eigenvalue weighted by atomic mass is 32.2. The molecule has 8 heteroatoms. The minimum atomic E-state index is -0.280. The van der Waals surface area contributed by atoms with Crippen molar-refractivity contribution in [1.82, 2.24) is 15.3 Å². The van der Waals surface area contributed by atoms with Gasteiger partial charge in [-0.15, -0.1) is 11.3 Å². The van der Waals surface area contributed by atoms with Gasteiger partial charge in [-0.2, -0.15) is 0 Å². The average molecular weight is 401 g/mol. The molecule has 0 bridgehead atoms. The van der Waals surface area contributed by atoms with Gasteiger partial charge < -0.3 is 15.4 Å². The number of thiazole rings is 1. The van der Waals surface area contributed by atoms with Gasteiger partial charge in [-0.25, -0.2) is 14.8 Å². The lowest BCUT2D eigenvalue weighted by Gasteiger charge is -2.11. The van der Waals surface area contributed by atoms with Gasteiger partial charge >= 0.3 is 6.03 Å². The van der Waals surface area contributed by atoms with Crippen LogP contribution in [0.1, 0.15) is 18.2 Å². The van der Waals surface area contributed by atoms with E-state index >= 15 is 0 Å². The van der Waals surface area contributed by atoms with Crippen LogP contribution in [-0.4, -0.2) is 22.6 Å². The molecule has 0 aliphatic carbocycles. The molecule has 0 radical (unpaired) electrons. The largest absolute Gasteiger partial charge is 0.478 e. The highest BCUT2D eigenvalue weighted by molar-refractivity contribution is 8.01. The second-order valence-electron chi connectivity index (χ2n) is 5.59. The zero-order chi connectivity index (χ0) is 19.1. The highest BCUT2D eigenvalue weighted by Gasteiger charge is 2.07. The number of pyridine rings is 1. The number of carbonyl (C=O) groups is 1. The number of aryl methyl sites for hydroxylation is 1. The predicted molar refractivity (Wildman–Crippen MR) is 109 cm³/mol. The number of anilines is 1. The van der Waals surface area contributed by atoms with Crippen LogP contribution in [-0.2, 0) is 6.54 Å². The summed E-state index contributed by atoms with van der Waals surface area (Å²) in [5, 5.41) is 7.67. The third-order valence-electron chi connectivity index (χ3n) is 3.49. The van der Waals surface area contributed by atoms with Gasteiger partial charge in [0.05, 0.1) is 6.61 Å². The number of nitrogens with one attached hydrogen (secondary N) is 2. The Morgan fingerprint density at radius 3 is 2.78 bits per heavy atom. The van der Waals surface area contributed by atoms with Gasteiger partial charge in [-0.1, -0.05) is 17.8 Å². The summed E-state index contributed by atoms with van der Waals surface area (Å²) in [5.41, 5.74) is 2.59. The van der Waals surface area contributed by atoms with E-state index in [9.17, 15) is 4.79 Å². The topological polar surface area (TPSA) is 76.1 Å². The molecule has 0 saturated heterocycles. The summed E-state index contributed by atoms with van der Waals surface area (Å²) >= 11 is 3.23. The van der Waals surface area contributed by atoms with Crippen LogP contribution in [0, 0.1) is 6.92 Å². The molecule has 0 aliphatic rings. The Kier molecular flexibility index (Phi) is 6.67. The molecule has 0 saturated carbocycles. The molecule has 0 fully saturated rings. The van der Waals surface area contributed by atoms with Crippen molar-refractivity contribution in [1.29, 1.82) is 0 Å². The zero-order valence-electron chi connectivity index (χ0n) is 15.1. The molecule has 27 heavy (non-hydrogen) atoms. The molecule has 3 rings (SSSR count). The maximum absolute atomic E-state index is 12.1. The molecule has 0 spiro atoms. The molecule has 2 heterocycles. The number of nitrogens with zero attached hydrogens (tertiary/aromatic N) is 2. The maximum atomic E-state index is 12.1. The summed E-state index contributed by atoms with van der Waals surface area (Å²) in [5.74, 6) is 0.541. The van der Waals surface area contributed by atoms with Gasteiger partial charge in [0.15, 0.2) is 4.34 Å². The first-order valence-corrected chi connectivity index (χ1v) is 10.1. The predicted octanol–water partition coefficient (Wildman–Crippen LogP) is 4.72. The fraction of sp³-hybridized carbons (Fsp3) is 0.211. The van der Waals surface area contributed by atoms with Crippen molar-refractivity contribution in [2.75, 3.05) is 11.9 Å². The van der Waals surface area contributed by atoms with Gasteiger partial charge in [0.25, 0.3) is 0 Å². The molecule has 1 aromatic carbocycles. The van der Waals surface area contributed by atoms with E-state index in [0.29, 0.717) is 19.0 Å². The van der Waals surface area contributed by atoms with Crippen LogP contribution < -0.4 is 15.4 Å². The molecule has 140 valence electrons. The van der Waals surface area contributed by atoms with Gasteiger partial charge in [0, 0.05) is 40.0 Å². The summed E-state index contributed by atoms with van der Waals surface area (Å²) in [6, 6.07) is 11.1. The minimum absolute atomic E-state index is 0.280. The lowest BCUT2D eigenvalue weighted by Crippen LogP contribution is -2.28. The number of carbonyl (C=O) groups excluding carboxylic acids is 1. The molecule has 0 atom stereocenters. The quantitative estimate of drug-likeness (QED) is 0.600. The Morgan fingerprint density at radius 1 is 1.26 bits per heavy atom. The molecule has 2 amide bonds. The van der Waals surface area contributed by atoms with Gasteiger partial charge in [0.2, 0.25) is 5.88 Å². The van der Waals surface area contributed by atoms with Crippen LogP contribution in [0.2, 0.25) is 0 Å². The van der Waals surface area contributed by atoms with Gasteiger partial charge in [0.1, 0.15) is 0 Å². The fourth-order valence-electron chi connectivity index (χ4n) is 2.26. The van der Waals surface area contributed by atoms with Crippen molar-refractivity contribution >= 4 is 34.8 Å². The van der Waals surface area contributed by atoms with Crippen LogP contribution in [0.4, 0.5) is 10.5 Å². The fourth-order valence-corrected chi connectivity index (χ4v) is 4.07. The Labute approximate surface area is 166 Å². The van der Waals surface area contributed by atoms with E-state index in [1.54, 1.807) is 29.3 Å². The summed E-state index contributed by atoms with van der Waals surface area (Å²) in [6.07, 6.45) is 1.67. The third-order valence-corrected chi connectivity index (χ3v) is 5.55. The summed E-state index contributed by atoms with van der Waals surface area (Å²) in [6.45, 7) is 4.75. The van der Waals surface area contributed by atoms with E-state index in [1.807, 2.05) is 55.6 Å². The van der Waals surface area contributed by atoms with E-state index in [0.717, 1.165) is 26.2 Å². The standard InChI is InChI=1S/C19H20N4O2S2/c1-3-25-17-14(5-4-10-20-17)11-21-18(24)23-15-6-8-16(9-7-15)27-19-22-13(2)12-26-19/h4-10,12H,3,11H2,1-2H3,(H2,21,23,24). The number of amides is 2. The third kappa shape index (κ3) is 5.70. The molecule has 0 aliphatic heterocycles. The van der Waals surface area contributed by atoms with Crippen molar-refractivity contribution in [2.45, 2.75) is 29.6 Å². The lowest BCUT2D eigenvalue weighted by molar-refractivity contribution is 0.251. The second kappa shape index (κ2) is 9.38. The van der Waals surface area contributed by atoms with E-state index in [4.69, 9.17) is 4.74 Å². The monoisotopic (exact) mass is 400 g/mol. The van der Waals surface area contributed by atoms with E-state index in [1.165, 1.54) is 0 Å². The molecule has 2 aromatic heterocycles. The minimum Gasteiger partial charge on any atom is -0.478 e. The zero-order valence-corrected chi connectivity index (χ0v) is 16.7. The highest BCUT2D eigenvalue weighted by Crippen LogP contribution is 2.30. The number of hydrogen-bond donors (Lipinski definition) is 2. The first kappa shape index (κ1) is 19.2. The normalized spacial score (nSPS) is 10.4. The van der Waals surface area contributed by atoms with Crippen LogP contribution in [0.5, 0.6) is 5.88 Å². The average Bonchev–Trinajstić information content (AvgIpc) is 3.08. The van der Waals surface area contributed by atoms with E-state index in [-0.39, 0.29) is 6.03 Å². The Morgan fingerprint density at radius 2 is 2.07 bits per heavy atom. The van der Waals surface area contributed by atoms with Crippen molar-refractivity contribution in [2.24, 2.45) is 0 Å². The molecule has 0 unspecified atom stereocenters. The van der Waals surface area contributed by atoms with Crippen molar-refractivity contribution in [3.8, 4) is 5.88 Å². The maximum Gasteiger partial charge on any atom is 0.319 e. The summed E-state index contributed by atoms with van der Waals surface area (Å²) in [4.78, 5) is 21.8. The van der Waals surface area contributed by atoms with Crippen molar-refractivity contribution in [3.63, 3.8) is 0 Å². The van der Waals surface area contributed by atoms with Crippen molar-refractivity contribution in [3.05, 3.63) is 59.2 Å². The van der Waals surface area contributed by atoms with E-state index < -0.39 is 0 Å². The van der Waals surface area contributed by atoms with Crippen LogP contribution in [0.25, 0.3) is 0 Å². The van der Waals surface area contributed by atoms with Crippen LogP contribution in [0.3, 0.4) is 0 Å². The van der Waals surface area contributed by atoms with Crippen LogP contribution >= 0.6 is 23.1 Å². The number of ether oxygens (including phenoxy) is 1. The summed E-state index contributed by atoms with van der Waals surface area (Å²) in [7, 11) is 0. The smallest absolute Gasteiger partial charge is 0.319 e. The first-order chi connectivity index (χ1) is 13.1. The molecule has 6 nitrogen and oxygen atoms in total. The van der Waals surface area contributed by atoms with Crippen molar-refractivity contribution < 1.29 is 9.53 Å². The first-order valence-electron chi connectivity index (χ1n) is 8.45. The van der Waals surface area contributed by atoms with Gasteiger partial charge in [-0.3, -0.25) is 0 Å². The molecular formula is C19H20N4O2S2. The SMILES string of the molecule is CCOc1ncccc1CNC(=O)Nc1ccc(Sc2nc(C)cs2)cc1. The Balaban J connectivity index is 1.52. The Hall–Kier alpha value is -2.58. The van der Waals surface area contributed by atoms with Gasteiger partial charge in [-0.05, 0) is 44.2 Å². The Bertz CT molecular complexity index is 897. The lowest BCUT2D eigenvalue weighted by atomic mass is 10.2. The number of rotatable bonds is 7. The molecular weight excluding hydrogens is 380 g/mol. The number of benzene rings is 1. The van der Waals surface area contributed by atoms with Crippen LogP contribution in [0.15, 0.2) is 57.2 Å². The number of aromatic nitrogens is 2. The molecule has 2 N–H and O–H groups in total. The number of urea groups is 1. The number of hydrogen-bond acceptors (Lipinski definition) is 6. The second-order valence-corrected chi connectivity index (χ2v) is 7.77. The summed E-state index contributed by atoms with van der Waals surface area (Å²) < 4.78 is 6.47. The molecule has 3 aromatic rings. The van der Waals surface area contributed by atoms with E-state index in [2.05, 4.69) is 20.6 Å².